The maximum atomic E-state index is 12.5. The normalized spacial score (nSPS) is 21.3. The van der Waals surface area contributed by atoms with E-state index in [0.29, 0.717) is 12.4 Å². The van der Waals surface area contributed by atoms with Gasteiger partial charge >= 0.3 is 0 Å². The summed E-state index contributed by atoms with van der Waals surface area (Å²) in [6.45, 7) is 7.61. The summed E-state index contributed by atoms with van der Waals surface area (Å²) >= 11 is 0. The molecular formula is C16H29N7O. The molecule has 0 radical (unpaired) electrons. The van der Waals surface area contributed by atoms with Gasteiger partial charge in [0.1, 0.15) is 5.82 Å². The predicted octanol–water partition coefficient (Wildman–Crippen LogP) is -0.376. The summed E-state index contributed by atoms with van der Waals surface area (Å²) in [7, 11) is 4.04. The highest BCUT2D eigenvalue weighted by Crippen LogP contribution is 2.18. The van der Waals surface area contributed by atoms with Crippen molar-refractivity contribution >= 4 is 5.91 Å². The quantitative estimate of drug-likeness (QED) is 0.764. The average Bonchev–Trinajstić information content (AvgIpc) is 3.06. The number of carbonyl (C=O) groups is 1. The number of aromatic amines is 1. The highest BCUT2D eigenvalue weighted by Gasteiger charge is 2.26. The van der Waals surface area contributed by atoms with Crippen LogP contribution in [0.15, 0.2) is 0 Å². The SMILES string of the molecule is CNCc1nc(C(=O)N2CCN(CC3CCN(C)CC3)CC2)n[nH]1. The third kappa shape index (κ3) is 4.31. The molecule has 3 rings (SSSR count). The van der Waals surface area contributed by atoms with Crippen LogP contribution in [0, 0.1) is 5.92 Å². The Morgan fingerprint density at radius 2 is 1.92 bits per heavy atom. The topological polar surface area (TPSA) is 80.4 Å². The van der Waals surface area contributed by atoms with Crippen LogP contribution in [0.4, 0.5) is 0 Å². The summed E-state index contributed by atoms with van der Waals surface area (Å²) in [6.07, 6.45) is 2.59. The molecule has 2 N–H and O–H groups in total. The Morgan fingerprint density at radius 1 is 1.21 bits per heavy atom. The number of hydrogen-bond donors (Lipinski definition) is 2. The van der Waals surface area contributed by atoms with Gasteiger partial charge in [0.05, 0.1) is 6.54 Å². The fourth-order valence-electron chi connectivity index (χ4n) is 3.52. The fourth-order valence-corrected chi connectivity index (χ4v) is 3.52. The van der Waals surface area contributed by atoms with Gasteiger partial charge in [0.15, 0.2) is 0 Å². The van der Waals surface area contributed by atoms with Gasteiger partial charge in [0.25, 0.3) is 5.91 Å². The minimum Gasteiger partial charge on any atom is -0.333 e. The molecule has 1 aromatic rings. The first-order chi connectivity index (χ1) is 11.7. The van der Waals surface area contributed by atoms with Crippen molar-refractivity contribution in [1.82, 2.24) is 35.2 Å². The third-order valence-electron chi connectivity index (χ3n) is 5.08. The fraction of sp³-hybridized carbons (Fsp3) is 0.812. The standard InChI is InChI=1S/C16H29N7O/c1-17-11-14-18-15(20-19-14)16(24)23-9-7-22(8-10-23)12-13-3-5-21(2)6-4-13/h13,17H,3-12H2,1-2H3,(H,18,19,20). The minimum absolute atomic E-state index is 0.0625. The highest BCUT2D eigenvalue weighted by atomic mass is 16.2. The van der Waals surface area contributed by atoms with Gasteiger partial charge in [0.2, 0.25) is 5.82 Å². The number of piperazine rings is 1. The maximum Gasteiger partial charge on any atom is 0.293 e. The number of likely N-dealkylation sites (tertiary alicyclic amines) is 1. The molecule has 1 aromatic heterocycles. The van der Waals surface area contributed by atoms with E-state index in [0.717, 1.165) is 32.1 Å². The van der Waals surface area contributed by atoms with E-state index in [2.05, 4.69) is 37.3 Å². The summed E-state index contributed by atoms with van der Waals surface area (Å²) in [4.78, 5) is 23.5. The molecule has 0 bridgehead atoms. The Balaban J connectivity index is 1.45. The molecule has 1 amide bonds. The Bertz CT molecular complexity index is 530. The first-order valence-corrected chi connectivity index (χ1v) is 8.91. The molecule has 2 saturated heterocycles. The number of rotatable bonds is 5. The summed E-state index contributed by atoms with van der Waals surface area (Å²) in [5.41, 5.74) is 0. The van der Waals surface area contributed by atoms with E-state index in [1.807, 2.05) is 11.9 Å². The zero-order valence-corrected chi connectivity index (χ0v) is 14.8. The lowest BCUT2D eigenvalue weighted by Gasteiger charge is -2.38. The van der Waals surface area contributed by atoms with Crippen LogP contribution in [0.3, 0.4) is 0 Å². The van der Waals surface area contributed by atoms with Crippen LogP contribution in [-0.4, -0.2) is 95.7 Å². The second kappa shape index (κ2) is 8.04. The van der Waals surface area contributed by atoms with Gasteiger partial charge < -0.3 is 15.1 Å². The van der Waals surface area contributed by atoms with Crippen molar-refractivity contribution in [2.75, 3.05) is 59.9 Å². The number of carbonyl (C=O) groups excluding carboxylic acids is 1. The highest BCUT2D eigenvalue weighted by molar-refractivity contribution is 5.90. The predicted molar refractivity (Wildman–Crippen MR) is 91.7 cm³/mol. The van der Waals surface area contributed by atoms with E-state index < -0.39 is 0 Å². The number of nitrogens with zero attached hydrogens (tertiary/aromatic N) is 5. The van der Waals surface area contributed by atoms with Crippen molar-refractivity contribution in [3.8, 4) is 0 Å². The number of nitrogens with one attached hydrogen (secondary N) is 2. The van der Waals surface area contributed by atoms with E-state index >= 15 is 0 Å². The Hall–Kier alpha value is -1.51. The number of hydrogen-bond acceptors (Lipinski definition) is 6. The largest absolute Gasteiger partial charge is 0.333 e. The first kappa shape index (κ1) is 17.3. The molecule has 0 unspecified atom stereocenters. The Kier molecular flexibility index (Phi) is 5.80. The van der Waals surface area contributed by atoms with E-state index in [4.69, 9.17) is 0 Å². The smallest absolute Gasteiger partial charge is 0.293 e. The van der Waals surface area contributed by atoms with Crippen LogP contribution in [-0.2, 0) is 6.54 Å². The third-order valence-corrected chi connectivity index (χ3v) is 5.08. The van der Waals surface area contributed by atoms with Crippen molar-refractivity contribution in [3.63, 3.8) is 0 Å². The lowest BCUT2D eigenvalue weighted by Crippen LogP contribution is -2.50. The zero-order valence-electron chi connectivity index (χ0n) is 14.8. The van der Waals surface area contributed by atoms with Gasteiger partial charge in [-0.25, -0.2) is 4.98 Å². The van der Waals surface area contributed by atoms with Gasteiger partial charge in [-0.2, -0.15) is 0 Å². The molecule has 8 heteroatoms. The number of piperidine rings is 1. The van der Waals surface area contributed by atoms with Crippen molar-refractivity contribution < 1.29 is 4.79 Å². The van der Waals surface area contributed by atoms with Gasteiger partial charge in [-0.1, -0.05) is 0 Å². The average molecular weight is 335 g/mol. The zero-order chi connectivity index (χ0) is 16.9. The molecule has 0 aliphatic carbocycles. The van der Waals surface area contributed by atoms with Crippen molar-refractivity contribution in [2.45, 2.75) is 19.4 Å². The lowest BCUT2D eigenvalue weighted by atomic mass is 9.96. The molecule has 0 spiro atoms. The summed E-state index contributed by atoms with van der Waals surface area (Å²) < 4.78 is 0. The maximum absolute atomic E-state index is 12.5. The molecule has 0 aromatic carbocycles. The molecule has 8 nitrogen and oxygen atoms in total. The molecule has 134 valence electrons. The van der Waals surface area contributed by atoms with Crippen LogP contribution in [0.25, 0.3) is 0 Å². The first-order valence-electron chi connectivity index (χ1n) is 8.91. The van der Waals surface area contributed by atoms with E-state index in [1.54, 1.807) is 0 Å². The molecule has 2 fully saturated rings. The number of amides is 1. The van der Waals surface area contributed by atoms with Crippen LogP contribution in [0.2, 0.25) is 0 Å². The summed E-state index contributed by atoms with van der Waals surface area (Å²) in [5, 5.41) is 9.85. The van der Waals surface area contributed by atoms with Crippen LogP contribution < -0.4 is 5.32 Å². The van der Waals surface area contributed by atoms with Gasteiger partial charge in [-0.15, -0.1) is 5.10 Å². The molecule has 3 heterocycles. The van der Waals surface area contributed by atoms with Crippen molar-refractivity contribution in [1.29, 1.82) is 0 Å². The lowest BCUT2D eigenvalue weighted by molar-refractivity contribution is 0.0583. The molecule has 0 saturated carbocycles. The van der Waals surface area contributed by atoms with Gasteiger partial charge in [-0.05, 0) is 45.9 Å². The van der Waals surface area contributed by atoms with Crippen molar-refractivity contribution in [3.05, 3.63) is 11.6 Å². The molecule has 2 aliphatic heterocycles. The molecule has 2 aliphatic rings. The second-order valence-corrected chi connectivity index (χ2v) is 6.98. The monoisotopic (exact) mass is 335 g/mol. The minimum atomic E-state index is -0.0625. The van der Waals surface area contributed by atoms with Crippen LogP contribution >= 0.6 is 0 Å². The number of aromatic nitrogens is 3. The Morgan fingerprint density at radius 3 is 2.58 bits per heavy atom. The van der Waals surface area contributed by atoms with E-state index in [-0.39, 0.29) is 11.7 Å². The molecule has 24 heavy (non-hydrogen) atoms. The van der Waals surface area contributed by atoms with E-state index in [1.165, 1.54) is 32.5 Å². The Labute approximate surface area is 143 Å². The molecular weight excluding hydrogens is 306 g/mol. The molecule has 0 atom stereocenters. The second-order valence-electron chi connectivity index (χ2n) is 6.98. The van der Waals surface area contributed by atoms with Crippen LogP contribution in [0.5, 0.6) is 0 Å². The summed E-state index contributed by atoms with van der Waals surface area (Å²) in [5.74, 6) is 1.72. The van der Waals surface area contributed by atoms with Gasteiger partial charge in [0, 0.05) is 32.7 Å². The summed E-state index contributed by atoms with van der Waals surface area (Å²) in [6, 6.07) is 0. The number of H-pyrrole nitrogens is 1. The van der Waals surface area contributed by atoms with Crippen molar-refractivity contribution in [2.24, 2.45) is 5.92 Å². The van der Waals surface area contributed by atoms with Crippen LogP contribution in [0.1, 0.15) is 29.3 Å². The van der Waals surface area contributed by atoms with Gasteiger partial charge in [-0.3, -0.25) is 14.8 Å². The van der Waals surface area contributed by atoms with E-state index in [9.17, 15) is 4.79 Å².